The van der Waals surface area contributed by atoms with Crippen LogP contribution < -0.4 is 5.32 Å². The van der Waals surface area contributed by atoms with E-state index in [2.05, 4.69) is 5.32 Å². The van der Waals surface area contributed by atoms with Gasteiger partial charge in [0.05, 0.1) is 11.6 Å². The lowest BCUT2D eigenvalue weighted by Crippen LogP contribution is -2.18. The standard InChI is InChI=1S/C11H13FN2/c1-3-14-8(2)11-5-4-10(12)6-9(11)7-13/h4-6,8,14H,3H2,1-2H3. The minimum atomic E-state index is -0.367. The Hall–Kier alpha value is -1.40. The van der Waals surface area contributed by atoms with Crippen LogP contribution in [-0.2, 0) is 0 Å². The molecule has 1 N–H and O–H groups in total. The molecule has 1 unspecified atom stereocenters. The third-order valence-electron chi connectivity index (χ3n) is 2.11. The molecule has 0 aliphatic carbocycles. The monoisotopic (exact) mass is 192 g/mol. The van der Waals surface area contributed by atoms with E-state index in [1.54, 1.807) is 6.07 Å². The molecule has 0 saturated heterocycles. The molecule has 0 aliphatic heterocycles. The van der Waals surface area contributed by atoms with Gasteiger partial charge in [-0.15, -0.1) is 0 Å². The quantitative estimate of drug-likeness (QED) is 0.798. The largest absolute Gasteiger partial charge is 0.310 e. The van der Waals surface area contributed by atoms with E-state index in [0.29, 0.717) is 5.56 Å². The van der Waals surface area contributed by atoms with Gasteiger partial charge in [-0.2, -0.15) is 5.26 Å². The van der Waals surface area contributed by atoms with Gasteiger partial charge in [0.1, 0.15) is 5.82 Å². The molecule has 0 heterocycles. The van der Waals surface area contributed by atoms with Gasteiger partial charge in [0.25, 0.3) is 0 Å². The van der Waals surface area contributed by atoms with Crippen LogP contribution in [0, 0.1) is 17.1 Å². The topological polar surface area (TPSA) is 35.8 Å². The summed E-state index contributed by atoms with van der Waals surface area (Å²) in [5.74, 6) is -0.367. The number of halogens is 1. The number of nitrogens with zero attached hydrogens (tertiary/aromatic N) is 1. The second kappa shape index (κ2) is 4.73. The van der Waals surface area contributed by atoms with Crippen molar-refractivity contribution in [2.24, 2.45) is 0 Å². The summed E-state index contributed by atoms with van der Waals surface area (Å²) in [6.45, 7) is 4.77. The minimum absolute atomic E-state index is 0.0789. The van der Waals surface area contributed by atoms with Crippen molar-refractivity contribution in [1.82, 2.24) is 5.32 Å². The molecule has 0 radical (unpaired) electrons. The Morgan fingerprint density at radius 3 is 2.86 bits per heavy atom. The smallest absolute Gasteiger partial charge is 0.124 e. The number of nitrogens with one attached hydrogen (secondary N) is 1. The Balaban J connectivity index is 3.03. The van der Waals surface area contributed by atoms with Gasteiger partial charge in [-0.25, -0.2) is 4.39 Å². The molecular formula is C11H13FN2. The number of nitriles is 1. The van der Waals surface area contributed by atoms with Crippen LogP contribution in [0.2, 0.25) is 0 Å². The predicted molar refractivity (Wildman–Crippen MR) is 53.2 cm³/mol. The van der Waals surface area contributed by atoms with Crippen LogP contribution in [0.15, 0.2) is 18.2 Å². The van der Waals surface area contributed by atoms with Crippen molar-refractivity contribution >= 4 is 0 Å². The third kappa shape index (κ3) is 2.30. The summed E-state index contributed by atoms with van der Waals surface area (Å²) in [4.78, 5) is 0. The van der Waals surface area contributed by atoms with Crippen LogP contribution in [0.1, 0.15) is 31.0 Å². The highest BCUT2D eigenvalue weighted by atomic mass is 19.1. The molecule has 0 saturated carbocycles. The summed E-state index contributed by atoms with van der Waals surface area (Å²) in [7, 11) is 0. The Kier molecular flexibility index (Phi) is 3.61. The van der Waals surface area contributed by atoms with Gasteiger partial charge in [0.2, 0.25) is 0 Å². The lowest BCUT2D eigenvalue weighted by molar-refractivity contribution is 0.590. The van der Waals surface area contributed by atoms with E-state index in [4.69, 9.17) is 5.26 Å². The van der Waals surface area contributed by atoms with E-state index in [9.17, 15) is 4.39 Å². The van der Waals surface area contributed by atoms with Crippen molar-refractivity contribution in [2.45, 2.75) is 19.9 Å². The van der Waals surface area contributed by atoms with Gasteiger partial charge < -0.3 is 5.32 Å². The van der Waals surface area contributed by atoms with Crippen LogP contribution >= 0.6 is 0 Å². The van der Waals surface area contributed by atoms with E-state index in [0.717, 1.165) is 12.1 Å². The first kappa shape index (κ1) is 10.7. The number of hydrogen-bond donors (Lipinski definition) is 1. The van der Waals surface area contributed by atoms with Gasteiger partial charge in [-0.3, -0.25) is 0 Å². The van der Waals surface area contributed by atoms with Crippen molar-refractivity contribution in [3.05, 3.63) is 35.1 Å². The molecule has 1 rings (SSSR count). The third-order valence-corrected chi connectivity index (χ3v) is 2.11. The summed E-state index contributed by atoms with van der Waals surface area (Å²) in [6, 6.07) is 6.37. The molecule has 3 heteroatoms. The lowest BCUT2D eigenvalue weighted by Gasteiger charge is -2.13. The Bertz CT molecular complexity index is 355. The summed E-state index contributed by atoms with van der Waals surface area (Å²) in [5.41, 5.74) is 1.24. The molecule has 2 nitrogen and oxygen atoms in total. The zero-order valence-electron chi connectivity index (χ0n) is 8.34. The first-order valence-electron chi connectivity index (χ1n) is 4.62. The molecule has 0 aromatic heterocycles. The zero-order valence-corrected chi connectivity index (χ0v) is 8.34. The SMILES string of the molecule is CCNC(C)c1ccc(F)cc1C#N. The highest BCUT2D eigenvalue weighted by Gasteiger charge is 2.09. The molecule has 14 heavy (non-hydrogen) atoms. The number of benzene rings is 1. The van der Waals surface area contributed by atoms with Crippen molar-refractivity contribution in [2.75, 3.05) is 6.54 Å². The molecule has 0 fully saturated rings. The van der Waals surface area contributed by atoms with Gasteiger partial charge >= 0.3 is 0 Å². The molecule has 0 spiro atoms. The maximum atomic E-state index is 12.8. The Labute approximate surface area is 83.4 Å². The summed E-state index contributed by atoms with van der Waals surface area (Å²) >= 11 is 0. The van der Waals surface area contributed by atoms with E-state index < -0.39 is 0 Å². The zero-order chi connectivity index (χ0) is 10.6. The normalized spacial score (nSPS) is 12.1. The number of rotatable bonds is 3. The van der Waals surface area contributed by atoms with Crippen LogP contribution in [0.5, 0.6) is 0 Å². The van der Waals surface area contributed by atoms with Gasteiger partial charge in [-0.1, -0.05) is 13.0 Å². The van der Waals surface area contributed by atoms with Crippen molar-refractivity contribution in [1.29, 1.82) is 5.26 Å². The molecule has 0 bridgehead atoms. The van der Waals surface area contributed by atoms with Gasteiger partial charge in [-0.05, 0) is 31.2 Å². The second-order valence-corrected chi connectivity index (χ2v) is 3.12. The second-order valence-electron chi connectivity index (χ2n) is 3.12. The molecule has 0 aliphatic rings. The van der Waals surface area contributed by atoms with Crippen LogP contribution in [0.25, 0.3) is 0 Å². The molecule has 1 atom stereocenters. The first-order chi connectivity index (χ1) is 6.69. The van der Waals surface area contributed by atoms with Crippen molar-refractivity contribution in [3.8, 4) is 6.07 Å². The molecule has 0 amide bonds. The molecule has 74 valence electrons. The van der Waals surface area contributed by atoms with Crippen molar-refractivity contribution in [3.63, 3.8) is 0 Å². The Morgan fingerprint density at radius 2 is 2.29 bits per heavy atom. The van der Waals surface area contributed by atoms with Gasteiger partial charge in [0, 0.05) is 6.04 Å². The highest BCUT2D eigenvalue weighted by molar-refractivity contribution is 5.39. The molecule has 1 aromatic rings. The highest BCUT2D eigenvalue weighted by Crippen LogP contribution is 2.18. The summed E-state index contributed by atoms with van der Waals surface area (Å²) in [6.07, 6.45) is 0. The van der Waals surface area contributed by atoms with Crippen LogP contribution in [0.3, 0.4) is 0 Å². The van der Waals surface area contributed by atoms with E-state index in [1.807, 2.05) is 19.9 Å². The predicted octanol–water partition coefficient (Wildman–Crippen LogP) is 2.37. The van der Waals surface area contributed by atoms with E-state index >= 15 is 0 Å². The fourth-order valence-corrected chi connectivity index (χ4v) is 1.42. The summed E-state index contributed by atoms with van der Waals surface area (Å²) < 4.78 is 12.8. The fraction of sp³-hybridized carbons (Fsp3) is 0.364. The maximum absolute atomic E-state index is 12.8. The van der Waals surface area contributed by atoms with E-state index in [-0.39, 0.29) is 11.9 Å². The maximum Gasteiger partial charge on any atom is 0.124 e. The van der Waals surface area contributed by atoms with E-state index in [1.165, 1.54) is 12.1 Å². The molecule has 1 aromatic carbocycles. The van der Waals surface area contributed by atoms with Gasteiger partial charge in [0.15, 0.2) is 0 Å². The fourth-order valence-electron chi connectivity index (χ4n) is 1.42. The molecular weight excluding hydrogens is 179 g/mol. The first-order valence-corrected chi connectivity index (χ1v) is 4.62. The number of hydrogen-bond acceptors (Lipinski definition) is 2. The minimum Gasteiger partial charge on any atom is -0.310 e. The summed E-state index contributed by atoms with van der Waals surface area (Å²) in [5, 5.41) is 12.0. The van der Waals surface area contributed by atoms with Crippen LogP contribution in [-0.4, -0.2) is 6.54 Å². The Morgan fingerprint density at radius 1 is 1.57 bits per heavy atom. The van der Waals surface area contributed by atoms with Crippen molar-refractivity contribution < 1.29 is 4.39 Å². The lowest BCUT2D eigenvalue weighted by atomic mass is 10.0. The van der Waals surface area contributed by atoms with Crippen LogP contribution in [0.4, 0.5) is 4.39 Å². The average Bonchev–Trinajstić information content (AvgIpc) is 2.17. The average molecular weight is 192 g/mol.